The summed E-state index contributed by atoms with van der Waals surface area (Å²) < 4.78 is 14.5. The fourth-order valence-electron chi connectivity index (χ4n) is 16.5. The zero-order valence-electron chi connectivity index (χ0n) is 64.4. The molecule has 8 aromatic rings. The summed E-state index contributed by atoms with van der Waals surface area (Å²) in [5.74, 6) is -5.36. The van der Waals surface area contributed by atoms with Gasteiger partial charge in [0.1, 0.15) is 59.4 Å². The second-order valence-electron chi connectivity index (χ2n) is 29.2. The first kappa shape index (κ1) is 82.5. The molecule has 8 aliphatic heterocycles. The number of ether oxygens (including phenoxy) is 3. The third kappa shape index (κ3) is 18.6. The monoisotopic (exact) mass is 1580 g/mol. The summed E-state index contributed by atoms with van der Waals surface area (Å²) in [4.78, 5) is 172. The molecule has 12 heterocycles. The van der Waals surface area contributed by atoms with Crippen LogP contribution in [0.15, 0.2) is 195 Å². The van der Waals surface area contributed by atoms with Crippen LogP contribution < -0.4 is 21.7 Å². The topological polar surface area (TPSA) is 400 Å². The molecule has 4 aromatic heterocycles. The van der Waals surface area contributed by atoms with Crippen LogP contribution in [-0.4, -0.2) is 215 Å². The highest BCUT2D eigenvalue weighted by atomic mass is 16.5. The molecule has 0 aliphatic carbocycles. The standard InChI is InChI=1S/2C22H23N3O4.C21H21N3O4.C12H18N2O3.C10H7NO2/c2*1-29-22(28)18-11-10-15-7-3-5-9-17(21(27)25(15)18)24-20(26)19-16-8-4-2-6-14(16)12-13-23-19;25-19(18-15-7-3-1-5-13(15)11-12-22-18)23-16-8-4-2-6-14-9-10-17(21(27)28)24(14)20(16)26;1-17-12(16)10-7-6-8-4-2-3-5-9(13)11(15)14(8)10;12-10(13)9-8-4-2-1-3-7(8)5-6-11-9/h2*2-6,8,12-13,15,17-18H,7,9-11H2,1H3,(H,24,26);1-5,7,11-12,14,16-17H,6,8-10H2,(H,23,25)(H,27,28);2-3,8-10H,4-7,13H2,1H3;1-6H,(H,12,13)/b2*5-3-;4-2-;3-2-;/t2*15-,17-,18-;14-,16-,17-;8-,9-,10-;/m0000./s1. The summed E-state index contributed by atoms with van der Waals surface area (Å²) in [6, 6.07) is 31.5. The van der Waals surface area contributed by atoms with Gasteiger partial charge in [-0.1, -0.05) is 146 Å². The molecule has 0 spiro atoms. The molecule has 116 heavy (non-hydrogen) atoms. The lowest BCUT2D eigenvalue weighted by Crippen LogP contribution is -2.54. The number of carbonyl (C=O) groups is 12. The SMILES string of the molecule is COC(=O)[C@@H]1CC[C@@H]2C/C=C\C[C@H](N)C(=O)N21.COC(=O)[C@@H]1CC[C@@H]2C/C=C\C[C@H](NC(=O)c3nccc4ccccc34)C(=O)N21.COC(=O)[C@@H]1CC[C@@H]2C/C=C\C[C@H](NC(=O)c3nccc4ccccc34)C(=O)N21.O=C(N[C@H]1C/C=C\C[C@H]2CC[C@@H](C(=O)O)N2C1=O)c1nccc2ccccc12.O=C(O)c1nccc2ccccc12. The van der Waals surface area contributed by atoms with Crippen LogP contribution >= 0.6 is 0 Å². The fraction of sp³-hybridized carbons (Fsp3) is 0.356. The lowest BCUT2D eigenvalue weighted by Gasteiger charge is -2.33. The van der Waals surface area contributed by atoms with Crippen LogP contribution in [0, 0.1) is 0 Å². The molecule has 4 saturated heterocycles. The van der Waals surface area contributed by atoms with Gasteiger partial charge in [0.2, 0.25) is 23.6 Å². The second kappa shape index (κ2) is 38.3. The average molecular weight is 1580 g/mol. The maximum absolute atomic E-state index is 13.3. The normalized spacial score (nSPS) is 25.0. The summed E-state index contributed by atoms with van der Waals surface area (Å²) in [6.07, 6.45) is 31.6. The van der Waals surface area contributed by atoms with Crippen molar-refractivity contribution >= 4 is 114 Å². The quantitative estimate of drug-likeness (QED) is 0.0400. The Bertz CT molecular complexity index is 5000. The Morgan fingerprint density at radius 3 is 0.905 bits per heavy atom. The molecular formula is C87H92N12O17. The summed E-state index contributed by atoms with van der Waals surface area (Å²) >= 11 is 0. The predicted octanol–water partition coefficient (Wildman–Crippen LogP) is 8.69. The number of amides is 7. The predicted molar refractivity (Wildman–Crippen MR) is 427 cm³/mol. The van der Waals surface area contributed by atoms with Gasteiger partial charge < -0.3 is 65.7 Å². The van der Waals surface area contributed by atoms with Crippen molar-refractivity contribution in [3.05, 3.63) is 217 Å². The van der Waals surface area contributed by atoms with E-state index in [1.165, 1.54) is 32.4 Å². The van der Waals surface area contributed by atoms with Gasteiger partial charge in [0.15, 0.2) is 5.69 Å². The first-order valence-corrected chi connectivity index (χ1v) is 38.8. The number of nitrogens with two attached hydrogens (primary N) is 1. The van der Waals surface area contributed by atoms with E-state index >= 15 is 0 Å². The molecule has 0 saturated carbocycles. The lowest BCUT2D eigenvalue weighted by molar-refractivity contribution is -0.153. The fourth-order valence-corrected chi connectivity index (χ4v) is 16.5. The minimum absolute atomic E-state index is 0.0572. The Kier molecular flexibility index (Phi) is 27.2. The van der Waals surface area contributed by atoms with Crippen LogP contribution in [0.4, 0.5) is 0 Å². The molecule has 4 aromatic carbocycles. The molecule has 7 N–H and O–H groups in total. The van der Waals surface area contributed by atoms with Crippen LogP contribution in [0.2, 0.25) is 0 Å². The van der Waals surface area contributed by atoms with Gasteiger partial charge in [0.05, 0.1) is 27.4 Å². The zero-order chi connectivity index (χ0) is 82.1. The molecule has 7 amide bonds. The number of hydrogen-bond donors (Lipinski definition) is 6. The number of methoxy groups -OCH3 is 3. The van der Waals surface area contributed by atoms with Gasteiger partial charge in [-0.15, -0.1) is 0 Å². The van der Waals surface area contributed by atoms with E-state index in [0.717, 1.165) is 58.0 Å². The van der Waals surface area contributed by atoms with Crippen molar-refractivity contribution in [3.8, 4) is 0 Å². The molecule has 602 valence electrons. The van der Waals surface area contributed by atoms with Crippen molar-refractivity contribution in [1.82, 2.24) is 55.5 Å². The summed E-state index contributed by atoms with van der Waals surface area (Å²) in [5, 5.41) is 33.2. The number of rotatable bonds is 11. The second-order valence-corrected chi connectivity index (χ2v) is 29.2. The molecule has 12 atom stereocenters. The highest BCUT2D eigenvalue weighted by Gasteiger charge is 2.48. The van der Waals surface area contributed by atoms with Crippen molar-refractivity contribution in [2.24, 2.45) is 5.73 Å². The van der Waals surface area contributed by atoms with Gasteiger partial charge >= 0.3 is 29.8 Å². The van der Waals surface area contributed by atoms with Crippen LogP contribution in [-0.2, 0) is 52.6 Å². The Balaban J connectivity index is 0.000000137. The van der Waals surface area contributed by atoms with Gasteiger partial charge in [-0.2, -0.15) is 0 Å². The molecule has 4 fully saturated rings. The number of aromatic carboxylic acids is 1. The maximum atomic E-state index is 13.3. The van der Waals surface area contributed by atoms with Gasteiger partial charge in [-0.25, -0.2) is 29.0 Å². The number of pyridine rings is 4. The van der Waals surface area contributed by atoms with Crippen molar-refractivity contribution in [2.45, 2.75) is 175 Å². The van der Waals surface area contributed by atoms with Gasteiger partial charge in [-0.05, 0) is 149 Å². The largest absolute Gasteiger partial charge is 0.480 e. The van der Waals surface area contributed by atoms with E-state index in [9.17, 15) is 62.6 Å². The van der Waals surface area contributed by atoms with Crippen LogP contribution in [0.1, 0.15) is 145 Å². The number of aromatic nitrogens is 4. The van der Waals surface area contributed by atoms with E-state index < -0.39 is 89.9 Å². The van der Waals surface area contributed by atoms with Crippen molar-refractivity contribution in [2.75, 3.05) is 21.3 Å². The summed E-state index contributed by atoms with van der Waals surface area (Å²) in [6.45, 7) is 0. The van der Waals surface area contributed by atoms with E-state index in [1.807, 2.05) is 152 Å². The lowest BCUT2D eigenvalue weighted by atomic mass is 10.0. The number of nitrogens with zero attached hydrogens (tertiary/aromatic N) is 8. The highest BCUT2D eigenvalue weighted by molar-refractivity contribution is 6.09. The molecule has 29 heteroatoms. The minimum Gasteiger partial charge on any atom is -0.480 e. The Morgan fingerprint density at radius 1 is 0.345 bits per heavy atom. The van der Waals surface area contributed by atoms with Crippen molar-refractivity contribution < 1.29 is 82.0 Å². The average Bonchev–Trinajstić information content (AvgIpc) is 1.03. The first-order valence-electron chi connectivity index (χ1n) is 38.8. The number of carbonyl (C=O) groups excluding carboxylic acids is 10. The van der Waals surface area contributed by atoms with Crippen LogP contribution in [0.3, 0.4) is 0 Å². The van der Waals surface area contributed by atoms with Gasteiger partial charge in [0, 0.05) is 70.5 Å². The number of benzene rings is 4. The number of esters is 3. The van der Waals surface area contributed by atoms with Crippen LogP contribution in [0.25, 0.3) is 43.1 Å². The molecule has 0 unspecified atom stereocenters. The van der Waals surface area contributed by atoms with Crippen LogP contribution in [0.5, 0.6) is 0 Å². The van der Waals surface area contributed by atoms with E-state index in [2.05, 4.69) is 35.9 Å². The zero-order valence-corrected chi connectivity index (χ0v) is 64.4. The number of aliphatic carboxylic acids is 1. The van der Waals surface area contributed by atoms with Gasteiger partial charge in [0.25, 0.3) is 17.7 Å². The Hall–Kier alpha value is -12.9. The highest BCUT2D eigenvalue weighted by Crippen LogP contribution is 2.35. The van der Waals surface area contributed by atoms with E-state index in [4.69, 9.17) is 25.1 Å². The third-order valence-corrected chi connectivity index (χ3v) is 22.2. The number of fused-ring (bicyclic) bond motifs is 8. The Labute approximate surface area is 668 Å². The molecule has 0 radical (unpaired) electrons. The molecule has 16 rings (SSSR count). The number of hydrogen-bond acceptors (Lipinski definition) is 20. The van der Waals surface area contributed by atoms with Crippen molar-refractivity contribution in [3.63, 3.8) is 0 Å². The van der Waals surface area contributed by atoms with E-state index in [-0.39, 0.29) is 76.5 Å². The first-order chi connectivity index (χ1) is 56.2. The maximum Gasteiger partial charge on any atom is 0.355 e. The number of carboxylic acids is 2. The van der Waals surface area contributed by atoms with E-state index in [1.54, 1.807) is 51.5 Å². The van der Waals surface area contributed by atoms with E-state index in [0.29, 0.717) is 87.8 Å². The van der Waals surface area contributed by atoms with Crippen molar-refractivity contribution in [1.29, 1.82) is 0 Å². The third-order valence-electron chi connectivity index (χ3n) is 22.2. The summed E-state index contributed by atoms with van der Waals surface area (Å²) in [7, 11) is 4.01. The van der Waals surface area contributed by atoms with Gasteiger partial charge in [-0.3, -0.25) is 48.5 Å². The summed E-state index contributed by atoms with van der Waals surface area (Å²) in [5.41, 5.74) is 6.74. The molecular weight excluding hydrogens is 1490 g/mol. The minimum atomic E-state index is -0.999. The number of carboxylic acid groups (broad SMARTS) is 2. The smallest absolute Gasteiger partial charge is 0.355 e. The number of nitrogens with one attached hydrogen (secondary N) is 3. The molecule has 29 nitrogen and oxygen atoms in total. The Morgan fingerprint density at radius 2 is 0.603 bits per heavy atom. The molecule has 8 aliphatic rings. The molecule has 0 bridgehead atoms.